The van der Waals surface area contributed by atoms with Gasteiger partial charge in [-0.1, -0.05) is 6.07 Å². The van der Waals surface area contributed by atoms with Crippen LogP contribution in [-0.4, -0.2) is 5.11 Å². The third kappa shape index (κ3) is 2.78. The van der Waals surface area contributed by atoms with Gasteiger partial charge < -0.3 is 9.52 Å². The Morgan fingerprint density at radius 1 is 1.16 bits per heavy atom. The van der Waals surface area contributed by atoms with Crippen LogP contribution >= 0.6 is 0 Å². The summed E-state index contributed by atoms with van der Waals surface area (Å²) < 4.78 is 55.9. The van der Waals surface area contributed by atoms with Gasteiger partial charge in [0, 0.05) is 0 Å². The zero-order valence-electron chi connectivity index (χ0n) is 9.83. The molecule has 1 aromatic carbocycles. The minimum Gasteiger partial charge on any atom is -0.463 e. The number of hydrogen-bond donors (Lipinski definition) is 1. The van der Waals surface area contributed by atoms with Crippen molar-refractivity contribution in [2.75, 3.05) is 0 Å². The van der Waals surface area contributed by atoms with Gasteiger partial charge in [0.25, 0.3) is 0 Å². The molecule has 0 amide bonds. The molecule has 2 aromatic rings. The fraction of sp³-hybridized carbons (Fsp3) is 0.231. The van der Waals surface area contributed by atoms with E-state index in [0.29, 0.717) is 17.9 Å². The van der Waals surface area contributed by atoms with E-state index in [0.717, 1.165) is 6.07 Å². The molecule has 1 N–H and O–H groups in total. The number of aliphatic hydroxyl groups is 1. The molecule has 1 aromatic heterocycles. The minimum absolute atomic E-state index is 0.0805. The molecule has 6 heteroatoms. The molecule has 0 fully saturated rings. The molecule has 2 rings (SSSR count). The Labute approximate surface area is 106 Å². The molecule has 0 aliphatic heterocycles. The van der Waals surface area contributed by atoms with E-state index in [1.54, 1.807) is 13.0 Å². The molecule has 0 radical (unpaired) electrons. The largest absolute Gasteiger partial charge is 0.463 e. The second-order valence-corrected chi connectivity index (χ2v) is 4.09. The fourth-order valence-corrected chi connectivity index (χ4v) is 1.69. The van der Waals surface area contributed by atoms with Crippen LogP contribution < -0.4 is 0 Å². The number of hydrogen-bond acceptors (Lipinski definition) is 2. The average molecular weight is 274 g/mol. The van der Waals surface area contributed by atoms with Gasteiger partial charge in [0.1, 0.15) is 23.4 Å². The van der Waals surface area contributed by atoms with Crippen molar-refractivity contribution in [1.82, 2.24) is 0 Å². The molecule has 0 aliphatic rings. The topological polar surface area (TPSA) is 33.4 Å². The Morgan fingerprint density at radius 3 is 2.37 bits per heavy atom. The van der Waals surface area contributed by atoms with Crippen LogP contribution in [0.4, 0.5) is 17.6 Å². The Kier molecular flexibility index (Phi) is 3.36. The first-order chi connectivity index (χ1) is 8.79. The first-order valence-electron chi connectivity index (χ1n) is 5.40. The Balaban J connectivity index is 2.41. The molecule has 0 bridgehead atoms. The van der Waals surface area contributed by atoms with Crippen LogP contribution in [0.1, 0.15) is 28.8 Å². The number of aliphatic hydroxyl groups excluding tert-OH is 1. The van der Waals surface area contributed by atoms with E-state index in [1.807, 2.05) is 0 Å². The summed E-state index contributed by atoms with van der Waals surface area (Å²) in [5, 5.41) is 9.90. The monoisotopic (exact) mass is 274 g/mol. The van der Waals surface area contributed by atoms with Gasteiger partial charge in [-0.15, -0.1) is 0 Å². The second-order valence-electron chi connectivity index (χ2n) is 4.09. The van der Waals surface area contributed by atoms with Crippen LogP contribution in [0.15, 0.2) is 34.7 Å². The standard InChI is InChI=1S/C13H10F4O2/c1-7-2-5-11(19-7)12(18)8-3-4-10(14)9(6-8)13(15,16)17/h2-6,12,18H,1H3. The highest BCUT2D eigenvalue weighted by Crippen LogP contribution is 2.34. The van der Waals surface area contributed by atoms with Gasteiger partial charge in [-0.05, 0) is 36.8 Å². The smallest absolute Gasteiger partial charge is 0.419 e. The Morgan fingerprint density at radius 2 is 1.84 bits per heavy atom. The molecule has 1 atom stereocenters. The van der Waals surface area contributed by atoms with Crippen LogP contribution in [0.3, 0.4) is 0 Å². The fourth-order valence-electron chi connectivity index (χ4n) is 1.69. The molecule has 0 aliphatic carbocycles. The summed E-state index contributed by atoms with van der Waals surface area (Å²) in [6.07, 6.45) is -6.17. The number of furan rings is 1. The summed E-state index contributed by atoms with van der Waals surface area (Å²) in [5.74, 6) is -0.747. The van der Waals surface area contributed by atoms with Crippen LogP contribution in [0.5, 0.6) is 0 Å². The Bertz CT molecular complexity index is 587. The number of halogens is 4. The molecule has 0 saturated heterocycles. The van der Waals surface area contributed by atoms with Gasteiger partial charge >= 0.3 is 6.18 Å². The Hall–Kier alpha value is -1.82. The number of aryl methyl sites for hydroxylation is 1. The van der Waals surface area contributed by atoms with E-state index in [2.05, 4.69) is 0 Å². The van der Waals surface area contributed by atoms with Gasteiger partial charge in [-0.2, -0.15) is 13.2 Å². The van der Waals surface area contributed by atoms with Crippen molar-refractivity contribution in [2.24, 2.45) is 0 Å². The summed E-state index contributed by atoms with van der Waals surface area (Å²) in [4.78, 5) is 0. The number of benzene rings is 1. The zero-order valence-corrected chi connectivity index (χ0v) is 9.83. The molecule has 0 spiro atoms. The van der Waals surface area contributed by atoms with E-state index in [4.69, 9.17) is 4.42 Å². The third-order valence-corrected chi connectivity index (χ3v) is 2.64. The van der Waals surface area contributed by atoms with Crippen molar-refractivity contribution in [3.8, 4) is 0 Å². The van der Waals surface area contributed by atoms with Crippen LogP contribution in [0.25, 0.3) is 0 Å². The normalized spacial score (nSPS) is 13.6. The highest BCUT2D eigenvalue weighted by molar-refractivity contribution is 5.32. The number of rotatable bonds is 2. The van der Waals surface area contributed by atoms with E-state index in [-0.39, 0.29) is 11.3 Å². The predicted molar refractivity (Wildman–Crippen MR) is 58.9 cm³/mol. The molecule has 1 unspecified atom stereocenters. The first-order valence-corrected chi connectivity index (χ1v) is 5.40. The van der Waals surface area contributed by atoms with E-state index in [9.17, 15) is 22.7 Å². The summed E-state index contributed by atoms with van der Waals surface area (Å²) in [7, 11) is 0. The quantitative estimate of drug-likeness (QED) is 0.844. The summed E-state index contributed by atoms with van der Waals surface area (Å²) in [6, 6.07) is 5.38. The summed E-state index contributed by atoms with van der Waals surface area (Å²) >= 11 is 0. The van der Waals surface area contributed by atoms with Gasteiger partial charge in [0.05, 0.1) is 5.56 Å². The second kappa shape index (κ2) is 4.70. The summed E-state index contributed by atoms with van der Waals surface area (Å²) in [6.45, 7) is 1.64. The van der Waals surface area contributed by atoms with Crippen molar-refractivity contribution >= 4 is 0 Å². The van der Waals surface area contributed by atoms with Crippen molar-refractivity contribution in [2.45, 2.75) is 19.2 Å². The van der Waals surface area contributed by atoms with Crippen LogP contribution in [0.2, 0.25) is 0 Å². The third-order valence-electron chi connectivity index (χ3n) is 2.64. The van der Waals surface area contributed by atoms with Crippen LogP contribution in [0, 0.1) is 12.7 Å². The molecule has 19 heavy (non-hydrogen) atoms. The minimum atomic E-state index is -4.81. The lowest BCUT2D eigenvalue weighted by Gasteiger charge is -2.13. The van der Waals surface area contributed by atoms with Crippen molar-refractivity contribution in [1.29, 1.82) is 0 Å². The molecule has 102 valence electrons. The van der Waals surface area contributed by atoms with Gasteiger partial charge in [-0.25, -0.2) is 4.39 Å². The van der Waals surface area contributed by atoms with Crippen molar-refractivity contribution in [3.63, 3.8) is 0 Å². The number of alkyl halides is 3. The maximum atomic E-state index is 13.1. The van der Waals surface area contributed by atoms with E-state index >= 15 is 0 Å². The SMILES string of the molecule is Cc1ccc(C(O)c2ccc(F)c(C(F)(F)F)c2)o1. The zero-order chi connectivity index (χ0) is 14.2. The highest BCUT2D eigenvalue weighted by atomic mass is 19.4. The average Bonchev–Trinajstić information content (AvgIpc) is 2.74. The molecular weight excluding hydrogens is 264 g/mol. The predicted octanol–water partition coefficient (Wildman–Crippen LogP) is 3.83. The summed E-state index contributed by atoms with van der Waals surface area (Å²) in [5.41, 5.74) is -1.49. The lowest BCUT2D eigenvalue weighted by Crippen LogP contribution is -2.10. The lowest BCUT2D eigenvalue weighted by molar-refractivity contribution is -0.140. The van der Waals surface area contributed by atoms with Gasteiger partial charge in [0.2, 0.25) is 0 Å². The first kappa shape index (κ1) is 13.6. The van der Waals surface area contributed by atoms with E-state index in [1.165, 1.54) is 6.07 Å². The molecular formula is C13H10F4O2. The lowest BCUT2D eigenvalue weighted by atomic mass is 10.0. The molecule has 0 saturated carbocycles. The highest BCUT2D eigenvalue weighted by Gasteiger charge is 2.34. The molecule has 2 nitrogen and oxygen atoms in total. The van der Waals surface area contributed by atoms with Crippen molar-refractivity contribution in [3.05, 3.63) is 58.8 Å². The maximum absolute atomic E-state index is 13.1. The maximum Gasteiger partial charge on any atom is 0.419 e. The van der Waals surface area contributed by atoms with Gasteiger partial charge in [-0.3, -0.25) is 0 Å². The van der Waals surface area contributed by atoms with Gasteiger partial charge in [0.15, 0.2) is 0 Å². The van der Waals surface area contributed by atoms with Crippen LogP contribution in [-0.2, 0) is 6.18 Å². The van der Waals surface area contributed by atoms with E-state index < -0.39 is 23.7 Å². The van der Waals surface area contributed by atoms with Crippen molar-refractivity contribution < 1.29 is 27.1 Å². The molecule has 1 heterocycles.